The van der Waals surface area contributed by atoms with Crippen molar-refractivity contribution in [1.29, 1.82) is 0 Å². The van der Waals surface area contributed by atoms with Gasteiger partial charge in [0.25, 0.3) is 5.91 Å². The Balaban J connectivity index is 1.70. The van der Waals surface area contributed by atoms with Crippen molar-refractivity contribution in [3.63, 3.8) is 0 Å². The zero-order chi connectivity index (χ0) is 17.4. The number of para-hydroxylation sites is 1. The molecule has 1 aliphatic heterocycles. The molecule has 0 atom stereocenters. The van der Waals surface area contributed by atoms with Crippen LogP contribution in [0.15, 0.2) is 48.5 Å². The van der Waals surface area contributed by atoms with Crippen LogP contribution < -0.4 is 14.8 Å². The molecule has 0 saturated carbocycles. The summed E-state index contributed by atoms with van der Waals surface area (Å²) >= 11 is 0. The van der Waals surface area contributed by atoms with Crippen molar-refractivity contribution in [3.8, 4) is 22.8 Å². The number of anilines is 1. The van der Waals surface area contributed by atoms with Gasteiger partial charge in [0.05, 0.1) is 12.8 Å². The van der Waals surface area contributed by atoms with E-state index in [0.29, 0.717) is 23.7 Å². The van der Waals surface area contributed by atoms with E-state index in [1.54, 1.807) is 17.9 Å². The molecule has 25 heavy (non-hydrogen) atoms. The topological polar surface area (TPSA) is 65.4 Å². The molecule has 1 amide bonds. The molecular formula is C19H17N3O3. The highest BCUT2D eigenvalue weighted by Crippen LogP contribution is 2.38. The van der Waals surface area contributed by atoms with E-state index in [-0.39, 0.29) is 5.91 Å². The normalized spacial score (nSPS) is 11.9. The van der Waals surface area contributed by atoms with Crippen LogP contribution in [0.1, 0.15) is 16.1 Å². The highest BCUT2D eigenvalue weighted by atomic mass is 16.5. The number of carbonyl (C=O) groups is 1. The van der Waals surface area contributed by atoms with Crippen molar-refractivity contribution < 1.29 is 14.3 Å². The fraction of sp³-hybridized carbons (Fsp3) is 0.158. The van der Waals surface area contributed by atoms with Crippen LogP contribution in [0.2, 0.25) is 0 Å². The highest BCUT2D eigenvalue weighted by molar-refractivity contribution is 6.05. The van der Waals surface area contributed by atoms with Crippen LogP contribution in [0.25, 0.3) is 11.3 Å². The van der Waals surface area contributed by atoms with Crippen LogP contribution in [0.5, 0.6) is 11.5 Å². The Morgan fingerprint density at radius 1 is 1.24 bits per heavy atom. The van der Waals surface area contributed by atoms with Gasteiger partial charge >= 0.3 is 0 Å². The van der Waals surface area contributed by atoms with Gasteiger partial charge in [0, 0.05) is 29.9 Å². The minimum atomic E-state index is -0.270. The van der Waals surface area contributed by atoms with Crippen LogP contribution >= 0.6 is 0 Å². The zero-order valence-electron chi connectivity index (χ0n) is 13.9. The molecule has 0 bridgehead atoms. The van der Waals surface area contributed by atoms with E-state index in [1.165, 1.54) is 0 Å². The number of hydrogen-bond acceptors (Lipinski definition) is 4. The number of rotatable bonds is 3. The van der Waals surface area contributed by atoms with Crippen LogP contribution in [0.3, 0.4) is 0 Å². The van der Waals surface area contributed by atoms with Crippen LogP contribution in [0, 0.1) is 0 Å². The Hall–Kier alpha value is -3.28. The summed E-state index contributed by atoms with van der Waals surface area (Å²) in [5, 5.41) is 7.29. The van der Waals surface area contributed by atoms with Gasteiger partial charge in [-0.1, -0.05) is 18.2 Å². The third-order valence-corrected chi connectivity index (χ3v) is 4.20. The second-order valence-electron chi connectivity index (χ2n) is 5.77. The number of aromatic nitrogens is 2. The van der Waals surface area contributed by atoms with Gasteiger partial charge in [0.1, 0.15) is 18.1 Å². The molecule has 1 N–H and O–H groups in total. The summed E-state index contributed by atoms with van der Waals surface area (Å²) in [4.78, 5) is 12.7. The number of nitrogens with zero attached hydrogens (tertiary/aromatic N) is 2. The Morgan fingerprint density at radius 3 is 2.92 bits per heavy atom. The monoisotopic (exact) mass is 335 g/mol. The summed E-state index contributed by atoms with van der Waals surface area (Å²) in [7, 11) is 3.42. The van der Waals surface area contributed by atoms with Crippen molar-refractivity contribution in [2.24, 2.45) is 7.05 Å². The van der Waals surface area contributed by atoms with E-state index < -0.39 is 0 Å². The van der Waals surface area contributed by atoms with E-state index in [9.17, 15) is 4.79 Å². The number of benzene rings is 2. The Kier molecular flexibility index (Phi) is 3.65. The second kappa shape index (κ2) is 5.98. The third-order valence-electron chi connectivity index (χ3n) is 4.20. The van der Waals surface area contributed by atoms with Gasteiger partial charge in [-0.15, -0.1) is 0 Å². The molecule has 126 valence electrons. The standard InChI is InChI=1S/C19H17N3O3/c1-22-18-14-8-3-4-9-16(14)25-11-15(18)17(21-22)19(23)20-12-6-5-7-13(10-12)24-2/h3-10H,11H2,1-2H3,(H,20,23). The zero-order valence-corrected chi connectivity index (χ0v) is 13.9. The average Bonchev–Trinajstić information content (AvgIpc) is 2.99. The first kappa shape index (κ1) is 15.3. The molecule has 2 aromatic carbocycles. The molecule has 1 aliphatic rings. The van der Waals surface area contributed by atoms with Gasteiger partial charge < -0.3 is 14.8 Å². The summed E-state index contributed by atoms with van der Waals surface area (Å²) < 4.78 is 12.7. The molecule has 6 heteroatoms. The number of ether oxygens (including phenoxy) is 2. The number of carbonyl (C=O) groups excluding carboxylic acids is 1. The van der Waals surface area contributed by atoms with Crippen LogP contribution in [-0.4, -0.2) is 22.8 Å². The van der Waals surface area contributed by atoms with E-state index in [0.717, 1.165) is 22.6 Å². The SMILES string of the molecule is COc1cccc(NC(=O)c2nn(C)c3c2COc2ccccc2-3)c1. The number of nitrogens with one attached hydrogen (secondary N) is 1. The average molecular weight is 335 g/mol. The lowest BCUT2D eigenvalue weighted by Crippen LogP contribution is -2.16. The van der Waals surface area contributed by atoms with Crippen molar-refractivity contribution in [2.75, 3.05) is 12.4 Å². The Morgan fingerprint density at radius 2 is 2.08 bits per heavy atom. The molecule has 1 aromatic heterocycles. The number of aryl methyl sites for hydroxylation is 1. The molecule has 4 rings (SSSR count). The molecule has 2 heterocycles. The minimum Gasteiger partial charge on any atom is -0.497 e. The molecule has 3 aromatic rings. The lowest BCUT2D eigenvalue weighted by molar-refractivity contribution is 0.101. The first-order valence-electron chi connectivity index (χ1n) is 7.91. The summed E-state index contributed by atoms with van der Waals surface area (Å²) in [5.74, 6) is 1.21. The lowest BCUT2D eigenvalue weighted by Gasteiger charge is -2.18. The van der Waals surface area contributed by atoms with Gasteiger partial charge in [-0.25, -0.2) is 0 Å². The summed E-state index contributed by atoms with van der Waals surface area (Å²) in [6.45, 7) is 0.320. The van der Waals surface area contributed by atoms with E-state index in [4.69, 9.17) is 9.47 Å². The first-order valence-corrected chi connectivity index (χ1v) is 7.91. The summed E-state index contributed by atoms with van der Waals surface area (Å²) in [6.07, 6.45) is 0. The van der Waals surface area contributed by atoms with Gasteiger partial charge in [-0.05, 0) is 24.3 Å². The van der Waals surface area contributed by atoms with Crippen LogP contribution in [0.4, 0.5) is 5.69 Å². The lowest BCUT2D eigenvalue weighted by atomic mass is 10.0. The predicted molar refractivity (Wildman–Crippen MR) is 93.9 cm³/mol. The number of amides is 1. The molecule has 0 spiro atoms. The third kappa shape index (κ3) is 2.61. The van der Waals surface area contributed by atoms with E-state index in [1.807, 2.05) is 49.5 Å². The maximum Gasteiger partial charge on any atom is 0.276 e. The quantitative estimate of drug-likeness (QED) is 0.798. The number of fused-ring (bicyclic) bond motifs is 3. The van der Waals surface area contributed by atoms with Crippen molar-refractivity contribution in [3.05, 3.63) is 59.8 Å². The molecule has 0 aliphatic carbocycles. The second-order valence-corrected chi connectivity index (χ2v) is 5.77. The fourth-order valence-electron chi connectivity index (χ4n) is 3.05. The fourth-order valence-corrected chi connectivity index (χ4v) is 3.05. The van der Waals surface area contributed by atoms with Crippen molar-refractivity contribution in [2.45, 2.75) is 6.61 Å². The maximum atomic E-state index is 12.7. The van der Waals surface area contributed by atoms with Crippen molar-refractivity contribution in [1.82, 2.24) is 9.78 Å². The van der Waals surface area contributed by atoms with E-state index in [2.05, 4.69) is 10.4 Å². The molecule has 6 nitrogen and oxygen atoms in total. The Bertz CT molecular complexity index is 962. The minimum absolute atomic E-state index is 0.270. The summed E-state index contributed by atoms with van der Waals surface area (Å²) in [5.41, 5.74) is 3.68. The van der Waals surface area contributed by atoms with E-state index >= 15 is 0 Å². The molecular weight excluding hydrogens is 318 g/mol. The van der Waals surface area contributed by atoms with Gasteiger partial charge in [0.15, 0.2) is 5.69 Å². The van der Waals surface area contributed by atoms with Gasteiger partial charge in [-0.3, -0.25) is 9.48 Å². The molecule has 0 unspecified atom stereocenters. The molecule has 0 fully saturated rings. The van der Waals surface area contributed by atoms with Crippen LogP contribution in [-0.2, 0) is 13.7 Å². The maximum absolute atomic E-state index is 12.7. The number of methoxy groups -OCH3 is 1. The highest BCUT2D eigenvalue weighted by Gasteiger charge is 2.28. The predicted octanol–water partition coefficient (Wildman–Crippen LogP) is 3.24. The molecule has 0 radical (unpaired) electrons. The largest absolute Gasteiger partial charge is 0.497 e. The Labute approximate surface area is 145 Å². The number of hydrogen-bond donors (Lipinski definition) is 1. The van der Waals surface area contributed by atoms with Gasteiger partial charge in [-0.2, -0.15) is 5.10 Å². The van der Waals surface area contributed by atoms with Gasteiger partial charge in [0.2, 0.25) is 0 Å². The smallest absolute Gasteiger partial charge is 0.276 e. The molecule has 0 saturated heterocycles. The summed E-state index contributed by atoms with van der Waals surface area (Å²) in [6, 6.07) is 15.0. The van der Waals surface area contributed by atoms with Crippen molar-refractivity contribution >= 4 is 11.6 Å². The first-order chi connectivity index (χ1) is 12.2.